The Kier molecular flexibility index (Phi) is 7.18. The highest BCUT2D eigenvalue weighted by molar-refractivity contribution is 7.11. The molecule has 2 saturated heterocycles. The lowest BCUT2D eigenvalue weighted by molar-refractivity contribution is 0.0447. The maximum Gasteiger partial charge on any atom is 0.265 e. The lowest BCUT2D eigenvalue weighted by atomic mass is 9.95. The van der Waals surface area contributed by atoms with Crippen LogP contribution < -0.4 is 0 Å². The number of aryl methyl sites for hydroxylation is 2. The predicted octanol–water partition coefficient (Wildman–Crippen LogP) is 4.29. The molecule has 2 aliphatic rings. The number of likely N-dealkylation sites (tertiary alicyclic amines) is 1. The molecule has 1 atom stereocenters. The Balaban J connectivity index is 1.35. The van der Waals surface area contributed by atoms with Gasteiger partial charge in [0.15, 0.2) is 0 Å². The average Bonchev–Trinajstić information content (AvgIpc) is 3.42. The Morgan fingerprint density at radius 2 is 2.00 bits per heavy atom. The van der Waals surface area contributed by atoms with Crippen molar-refractivity contribution in [1.29, 1.82) is 0 Å². The lowest BCUT2D eigenvalue weighted by Gasteiger charge is -2.35. The fraction of sp³-hybridized carbons (Fsp3) is 0.583. The fourth-order valence-corrected chi connectivity index (χ4v) is 5.36. The molecule has 5 nitrogen and oxygen atoms in total. The first-order valence-corrected chi connectivity index (χ1v) is 12.1. The minimum atomic E-state index is 0.132. The highest BCUT2D eigenvalue weighted by Gasteiger charge is 2.29. The van der Waals surface area contributed by atoms with Crippen molar-refractivity contribution in [3.05, 3.63) is 51.5 Å². The van der Waals surface area contributed by atoms with Gasteiger partial charge in [-0.15, -0.1) is 11.3 Å². The van der Waals surface area contributed by atoms with Crippen molar-refractivity contribution in [2.24, 2.45) is 5.92 Å². The zero-order valence-electron chi connectivity index (χ0n) is 18.2. The van der Waals surface area contributed by atoms with Gasteiger partial charge in [-0.25, -0.2) is 4.98 Å². The van der Waals surface area contributed by atoms with Gasteiger partial charge in [-0.1, -0.05) is 24.3 Å². The van der Waals surface area contributed by atoms with E-state index in [2.05, 4.69) is 46.0 Å². The van der Waals surface area contributed by atoms with Crippen LogP contribution in [0.15, 0.2) is 29.8 Å². The summed E-state index contributed by atoms with van der Waals surface area (Å²) >= 11 is 1.46. The number of rotatable bonds is 7. The molecule has 2 aliphatic heterocycles. The molecule has 1 aromatic heterocycles. The summed E-state index contributed by atoms with van der Waals surface area (Å²) in [6.45, 7) is 9.70. The van der Waals surface area contributed by atoms with Crippen LogP contribution in [0.2, 0.25) is 0 Å². The van der Waals surface area contributed by atoms with Gasteiger partial charge >= 0.3 is 0 Å². The second-order valence-corrected chi connectivity index (χ2v) is 9.61. The number of thiazole rings is 1. The molecule has 0 radical (unpaired) electrons. The minimum Gasteiger partial charge on any atom is -0.376 e. The maximum absolute atomic E-state index is 13.3. The Hall–Kier alpha value is -1.76. The van der Waals surface area contributed by atoms with E-state index in [1.807, 2.05) is 6.92 Å². The number of nitrogens with zero attached hydrogens (tertiary/aromatic N) is 3. The molecule has 3 heterocycles. The van der Waals surface area contributed by atoms with Gasteiger partial charge < -0.3 is 9.64 Å². The number of amides is 1. The molecule has 0 saturated carbocycles. The summed E-state index contributed by atoms with van der Waals surface area (Å²) in [5.74, 6) is 0.685. The number of piperidine rings is 1. The molecule has 30 heavy (non-hydrogen) atoms. The number of aromatic nitrogens is 1. The first kappa shape index (κ1) is 21.5. The van der Waals surface area contributed by atoms with E-state index in [4.69, 9.17) is 4.74 Å². The standard InChI is InChI=1S/C24H33N3O2S/c1-18-6-3-4-7-21(18)15-26-11-9-20(10-12-26)14-27(16-22-8-5-13-29-22)24(28)23-19(2)25-17-30-23/h3-4,6-7,17,20,22H,5,8-16H2,1-2H3/t22-/m0/s1. The topological polar surface area (TPSA) is 45.7 Å². The summed E-state index contributed by atoms with van der Waals surface area (Å²) in [7, 11) is 0. The van der Waals surface area contributed by atoms with E-state index in [9.17, 15) is 4.79 Å². The molecule has 0 aliphatic carbocycles. The number of benzene rings is 1. The van der Waals surface area contributed by atoms with E-state index in [1.165, 1.54) is 22.5 Å². The van der Waals surface area contributed by atoms with Gasteiger partial charge in [0.1, 0.15) is 4.88 Å². The summed E-state index contributed by atoms with van der Waals surface area (Å²) in [6, 6.07) is 8.67. The van der Waals surface area contributed by atoms with Crippen LogP contribution in [0.5, 0.6) is 0 Å². The fourth-order valence-electron chi connectivity index (χ4n) is 4.59. The zero-order valence-corrected chi connectivity index (χ0v) is 19.0. The van der Waals surface area contributed by atoms with Crippen LogP contribution >= 0.6 is 11.3 Å². The molecule has 0 bridgehead atoms. The Morgan fingerprint density at radius 1 is 1.20 bits per heavy atom. The molecule has 0 unspecified atom stereocenters. The highest BCUT2D eigenvalue weighted by atomic mass is 32.1. The second kappa shape index (κ2) is 10.0. The molecule has 6 heteroatoms. The van der Waals surface area contributed by atoms with E-state index in [1.54, 1.807) is 5.51 Å². The van der Waals surface area contributed by atoms with E-state index >= 15 is 0 Å². The van der Waals surface area contributed by atoms with Crippen molar-refractivity contribution in [2.75, 3.05) is 32.8 Å². The monoisotopic (exact) mass is 427 g/mol. The number of hydrogen-bond donors (Lipinski definition) is 0. The van der Waals surface area contributed by atoms with E-state index < -0.39 is 0 Å². The van der Waals surface area contributed by atoms with Gasteiger partial charge in [0.05, 0.1) is 17.3 Å². The summed E-state index contributed by atoms with van der Waals surface area (Å²) in [5, 5.41) is 0. The van der Waals surface area contributed by atoms with Crippen LogP contribution in [0, 0.1) is 19.8 Å². The van der Waals surface area contributed by atoms with Gasteiger partial charge in [-0.3, -0.25) is 9.69 Å². The van der Waals surface area contributed by atoms with Crippen molar-refractivity contribution >= 4 is 17.2 Å². The lowest BCUT2D eigenvalue weighted by Crippen LogP contribution is -2.43. The van der Waals surface area contributed by atoms with Gasteiger partial charge in [0.25, 0.3) is 5.91 Å². The molecule has 2 aromatic rings. The van der Waals surface area contributed by atoms with Gasteiger partial charge in [0, 0.05) is 26.2 Å². The molecular weight excluding hydrogens is 394 g/mol. The third kappa shape index (κ3) is 5.29. The Morgan fingerprint density at radius 3 is 2.67 bits per heavy atom. The summed E-state index contributed by atoms with van der Waals surface area (Å²) < 4.78 is 5.85. The van der Waals surface area contributed by atoms with Crippen molar-refractivity contribution in [3.63, 3.8) is 0 Å². The molecule has 1 aromatic carbocycles. The van der Waals surface area contributed by atoms with E-state index in [0.717, 1.165) is 69.0 Å². The quantitative estimate of drug-likeness (QED) is 0.661. The largest absolute Gasteiger partial charge is 0.376 e. The normalized spacial score (nSPS) is 20.5. The van der Waals surface area contributed by atoms with Crippen LogP contribution in [0.1, 0.15) is 52.2 Å². The third-order valence-electron chi connectivity index (χ3n) is 6.52. The van der Waals surface area contributed by atoms with Crippen LogP contribution in [-0.2, 0) is 11.3 Å². The van der Waals surface area contributed by atoms with Gasteiger partial charge in [-0.2, -0.15) is 0 Å². The molecular formula is C24H33N3O2S. The van der Waals surface area contributed by atoms with Crippen molar-refractivity contribution in [3.8, 4) is 0 Å². The summed E-state index contributed by atoms with van der Waals surface area (Å²) in [6.07, 6.45) is 4.62. The number of carbonyl (C=O) groups is 1. The minimum absolute atomic E-state index is 0.132. The van der Waals surface area contributed by atoms with E-state index in [0.29, 0.717) is 12.5 Å². The Labute approximate surface area is 184 Å². The van der Waals surface area contributed by atoms with E-state index in [-0.39, 0.29) is 12.0 Å². The van der Waals surface area contributed by atoms with Crippen molar-refractivity contribution in [1.82, 2.24) is 14.8 Å². The number of ether oxygens (including phenoxy) is 1. The van der Waals surface area contributed by atoms with Crippen LogP contribution in [-0.4, -0.2) is 59.6 Å². The number of carbonyl (C=O) groups excluding carboxylic acids is 1. The van der Waals surface area contributed by atoms with Crippen LogP contribution in [0.4, 0.5) is 0 Å². The highest BCUT2D eigenvalue weighted by Crippen LogP contribution is 2.24. The maximum atomic E-state index is 13.3. The van der Waals surface area contributed by atoms with Crippen LogP contribution in [0.3, 0.4) is 0 Å². The molecule has 4 rings (SSSR count). The first-order valence-electron chi connectivity index (χ1n) is 11.2. The molecule has 0 spiro atoms. The number of hydrogen-bond acceptors (Lipinski definition) is 5. The summed E-state index contributed by atoms with van der Waals surface area (Å²) in [4.78, 5) is 22.9. The van der Waals surface area contributed by atoms with Crippen molar-refractivity contribution in [2.45, 2.75) is 52.2 Å². The Bertz CT molecular complexity index is 838. The molecule has 1 amide bonds. The molecule has 0 N–H and O–H groups in total. The summed E-state index contributed by atoms with van der Waals surface area (Å²) in [5.41, 5.74) is 5.41. The molecule has 162 valence electrons. The van der Waals surface area contributed by atoms with Gasteiger partial charge in [0.2, 0.25) is 0 Å². The third-order valence-corrected chi connectivity index (χ3v) is 7.43. The first-order chi connectivity index (χ1) is 14.6. The van der Waals surface area contributed by atoms with Crippen molar-refractivity contribution < 1.29 is 9.53 Å². The SMILES string of the molecule is Cc1ccccc1CN1CCC(CN(C[C@@H]2CCCO2)C(=O)c2scnc2C)CC1. The van der Waals surface area contributed by atoms with Gasteiger partial charge in [-0.05, 0) is 69.7 Å². The second-order valence-electron chi connectivity index (χ2n) is 8.76. The average molecular weight is 428 g/mol. The zero-order chi connectivity index (χ0) is 20.9. The smallest absolute Gasteiger partial charge is 0.265 e. The predicted molar refractivity (Wildman–Crippen MR) is 121 cm³/mol. The molecule has 2 fully saturated rings. The van der Waals surface area contributed by atoms with Crippen LogP contribution in [0.25, 0.3) is 0 Å².